The van der Waals surface area contributed by atoms with Crippen LogP contribution in [-0.2, 0) is 52.3 Å². The van der Waals surface area contributed by atoms with Crippen molar-refractivity contribution in [3.8, 4) is 0 Å². The monoisotopic (exact) mass is 850 g/mol. The van der Waals surface area contributed by atoms with Crippen LogP contribution in [0.15, 0.2) is 48.2 Å². The first-order valence-electron chi connectivity index (χ1n) is 21.4. The molecule has 1 saturated heterocycles. The number of esters is 1. The predicted octanol–water partition coefficient (Wildman–Crippen LogP) is 5.00. The number of amides is 1. The maximum Gasteiger partial charge on any atom is 0.331 e. The molecule has 3 heterocycles. The molecule has 1 fully saturated rings. The minimum absolute atomic E-state index is 0.00245. The Kier molecular flexibility index (Phi) is 21.3. The van der Waals surface area contributed by atoms with Gasteiger partial charge in [0.15, 0.2) is 0 Å². The lowest BCUT2D eigenvalue weighted by Gasteiger charge is -2.39. The summed E-state index contributed by atoms with van der Waals surface area (Å²) in [5.41, 5.74) is -0.141. The zero-order valence-electron chi connectivity index (χ0n) is 38.1. The van der Waals surface area contributed by atoms with Crippen LogP contribution in [0, 0.1) is 29.6 Å². The van der Waals surface area contributed by atoms with Gasteiger partial charge in [0, 0.05) is 104 Å². The Hall–Kier alpha value is -2.79. The molecule has 0 aromatic carbocycles. The Labute approximate surface area is 358 Å². The van der Waals surface area contributed by atoms with Crippen molar-refractivity contribution in [3.05, 3.63) is 48.2 Å². The maximum absolute atomic E-state index is 13.6. The summed E-state index contributed by atoms with van der Waals surface area (Å²) in [7, 11) is 9.65. The number of allylic oxidation sites excluding steroid dienone is 2. The van der Waals surface area contributed by atoms with Crippen LogP contribution in [0.1, 0.15) is 80.1 Å². The average Bonchev–Trinajstić information content (AvgIpc) is 4.05. The van der Waals surface area contributed by atoms with Crippen LogP contribution in [0.4, 0.5) is 0 Å². The summed E-state index contributed by atoms with van der Waals surface area (Å²) >= 11 is 0. The van der Waals surface area contributed by atoms with Crippen LogP contribution in [0.25, 0.3) is 0 Å². The van der Waals surface area contributed by atoms with Gasteiger partial charge in [-0.15, -0.1) is 0 Å². The Morgan fingerprint density at radius 3 is 2.23 bits per heavy atom. The summed E-state index contributed by atoms with van der Waals surface area (Å²) in [6.45, 7) is 11.6. The smallest absolute Gasteiger partial charge is 0.331 e. The highest BCUT2D eigenvalue weighted by atomic mass is 16.6. The first-order valence-corrected chi connectivity index (χ1v) is 21.4. The lowest BCUT2D eigenvalue weighted by molar-refractivity contribution is -0.159. The van der Waals surface area contributed by atoms with Gasteiger partial charge < -0.3 is 53.0 Å². The number of hydrogen-bond acceptors (Lipinski definition) is 13. The van der Waals surface area contributed by atoms with E-state index in [0.717, 1.165) is 0 Å². The second-order valence-electron chi connectivity index (χ2n) is 17.2. The van der Waals surface area contributed by atoms with Gasteiger partial charge in [-0.25, -0.2) is 4.79 Å². The number of carbonyl (C=O) groups is 3. The standard InChI is InChI=1S/C46H75NO13/c1-28-16-19-42(51)60-45(33(6)43(52)29(2)17-18-36(49)31(4)44(57-12)30(3)20-21-47(7)27-48)32(5)38(53-8)25-41(56-11)46(26-58-46)40(55-10)24-35-15-13-14-34(59-35)23-39(54-9)37(50)22-28/h13-14,16,19-22,27,29-35,37-41,43-45,50,52H,15,17-18,23-26H2,1-12H3/t29?,30?,31?,32?,33?,34?,35?,37?,38?,39?,40?,41?,43?,44?,45?,46-/m0/s1. The van der Waals surface area contributed by atoms with E-state index in [1.54, 1.807) is 67.9 Å². The zero-order chi connectivity index (χ0) is 44.7. The Morgan fingerprint density at radius 1 is 1.00 bits per heavy atom. The minimum Gasteiger partial charge on any atom is -0.458 e. The fourth-order valence-corrected chi connectivity index (χ4v) is 8.91. The lowest BCUT2D eigenvalue weighted by Crippen LogP contribution is -2.50. The van der Waals surface area contributed by atoms with E-state index in [-0.39, 0.29) is 42.4 Å². The van der Waals surface area contributed by atoms with Gasteiger partial charge >= 0.3 is 5.97 Å². The van der Waals surface area contributed by atoms with Crippen LogP contribution in [0.2, 0.25) is 0 Å². The topological polar surface area (TPSA) is 172 Å². The molecule has 0 radical (unpaired) electrons. The van der Waals surface area contributed by atoms with E-state index in [1.807, 2.05) is 46.8 Å². The number of aliphatic hydroxyl groups is 2. The Morgan fingerprint density at radius 2 is 1.65 bits per heavy atom. The van der Waals surface area contributed by atoms with Crippen molar-refractivity contribution in [2.24, 2.45) is 29.6 Å². The second kappa shape index (κ2) is 24.7. The number of rotatable bonds is 17. The largest absolute Gasteiger partial charge is 0.458 e. The molecule has 1 spiro atoms. The molecule has 0 saturated carbocycles. The van der Waals surface area contributed by atoms with E-state index in [1.165, 1.54) is 11.0 Å². The Balaban J connectivity index is 1.90. The number of ketones is 1. The third-order valence-electron chi connectivity index (χ3n) is 13.0. The number of carbonyl (C=O) groups excluding carboxylic acids is 3. The van der Waals surface area contributed by atoms with Crippen molar-refractivity contribution in [2.45, 2.75) is 147 Å². The molecule has 60 heavy (non-hydrogen) atoms. The maximum atomic E-state index is 13.6. The third-order valence-corrected chi connectivity index (χ3v) is 13.0. The highest BCUT2D eigenvalue weighted by Crippen LogP contribution is 2.43. The van der Waals surface area contributed by atoms with Crippen LogP contribution >= 0.6 is 0 Å². The molecule has 2 bridgehead atoms. The molecule has 3 aliphatic heterocycles. The normalized spacial score (nSPS) is 33.9. The molecule has 0 aromatic rings. The number of nitrogens with zero attached hydrogens (tertiary/aromatic N) is 1. The summed E-state index contributed by atoms with van der Waals surface area (Å²) in [5.74, 6) is -2.55. The molecule has 0 aliphatic carbocycles. The van der Waals surface area contributed by atoms with Crippen molar-refractivity contribution >= 4 is 18.2 Å². The van der Waals surface area contributed by atoms with Crippen molar-refractivity contribution in [2.75, 3.05) is 49.2 Å². The molecule has 14 nitrogen and oxygen atoms in total. The molecule has 14 heteroatoms. The first kappa shape index (κ1) is 51.6. The van der Waals surface area contributed by atoms with Gasteiger partial charge in [-0.2, -0.15) is 0 Å². The molecule has 1 amide bonds. The molecule has 3 aliphatic rings. The summed E-state index contributed by atoms with van der Waals surface area (Å²) in [6.07, 6.45) is 9.91. The number of aliphatic hydroxyl groups excluding tert-OH is 2. The minimum atomic E-state index is -0.978. The van der Waals surface area contributed by atoms with Crippen LogP contribution in [0.3, 0.4) is 0 Å². The SMILES string of the molecule is COC1CC2C=CCC(CC(OC)[C@@]3(CO3)C(OC)CC(OC)C(C)C(C(C)C(O)C(C)CCC(=O)C(C)C(OC)C(C)C=CN(C)C=O)OC(=O)C=CC(C)=CC1O)O2. The predicted molar refractivity (Wildman–Crippen MR) is 227 cm³/mol. The molecule has 3 rings (SSSR count). The summed E-state index contributed by atoms with van der Waals surface area (Å²) < 4.78 is 48.7. The molecular weight excluding hydrogens is 774 g/mol. The molecule has 342 valence electrons. The average molecular weight is 850 g/mol. The van der Waals surface area contributed by atoms with Crippen LogP contribution in [0.5, 0.6) is 0 Å². The number of cyclic esters (lactones) is 1. The van der Waals surface area contributed by atoms with Gasteiger partial charge in [0.05, 0.1) is 61.5 Å². The summed E-state index contributed by atoms with van der Waals surface area (Å²) in [4.78, 5) is 39.5. The van der Waals surface area contributed by atoms with Crippen LogP contribution < -0.4 is 0 Å². The van der Waals surface area contributed by atoms with E-state index >= 15 is 0 Å². The Bertz CT molecular complexity index is 1460. The van der Waals surface area contributed by atoms with E-state index in [0.29, 0.717) is 50.7 Å². The number of Topliss-reactive ketones (excluding diaryl/α,β-unsaturated/α-hetero) is 1. The van der Waals surface area contributed by atoms with Gasteiger partial charge in [0.2, 0.25) is 6.41 Å². The van der Waals surface area contributed by atoms with Crippen molar-refractivity contribution < 1.29 is 62.5 Å². The number of ether oxygens (including phenoxy) is 8. The van der Waals surface area contributed by atoms with E-state index in [4.69, 9.17) is 37.9 Å². The lowest BCUT2D eigenvalue weighted by atomic mass is 9.78. The van der Waals surface area contributed by atoms with E-state index in [2.05, 4.69) is 6.08 Å². The van der Waals surface area contributed by atoms with Crippen molar-refractivity contribution in [1.29, 1.82) is 0 Å². The van der Waals surface area contributed by atoms with Gasteiger partial charge in [0.25, 0.3) is 0 Å². The van der Waals surface area contributed by atoms with Gasteiger partial charge in [-0.1, -0.05) is 70.6 Å². The third kappa shape index (κ3) is 14.1. The summed E-state index contributed by atoms with van der Waals surface area (Å²) in [6, 6.07) is 0. The van der Waals surface area contributed by atoms with Gasteiger partial charge in [0.1, 0.15) is 17.5 Å². The number of fused-ring (bicyclic) bond motifs is 2. The molecule has 16 atom stereocenters. The number of hydrogen-bond donors (Lipinski definition) is 2. The highest BCUT2D eigenvalue weighted by molar-refractivity contribution is 5.82. The van der Waals surface area contributed by atoms with Crippen molar-refractivity contribution in [3.63, 3.8) is 0 Å². The quantitative estimate of drug-likeness (QED) is 0.0869. The molecule has 2 N–H and O–H groups in total. The molecular formula is C46H75NO13. The van der Waals surface area contributed by atoms with E-state index < -0.39 is 72.1 Å². The fourth-order valence-electron chi connectivity index (χ4n) is 8.91. The fraction of sp³-hybridized carbons (Fsp3) is 0.761. The molecule has 0 aromatic heterocycles. The second-order valence-corrected chi connectivity index (χ2v) is 17.2. The van der Waals surface area contributed by atoms with Gasteiger partial charge in [-0.05, 0) is 25.7 Å². The van der Waals surface area contributed by atoms with Crippen molar-refractivity contribution in [1.82, 2.24) is 4.90 Å². The number of methoxy groups -OCH3 is 5. The zero-order valence-corrected chi connectivity index (χ0v) is 38.1. The van der Waals surface area contributed by atoms with Crippen LogP contribution in [-0.4, -0.2) is 149 Å². The molecule has 15 unspecified atom stereocenters. The number of epoxide rings is 1. The summed E-state index contributed by atoms with van der Waals surface area (Å²) in [5, 5.41) is 23.0. The highest BCUT2D eigenvalue weighted by Gasteiger charge is 2.59. The van der Waals surface area contributed by atoms with E-state index in [9.17, 15) is 24.6 Å². The van der Waals surface area contributed by atoms with Gasteiger partial charge in [-0.3, -0.25) is 9.59 Å². The first-order chi connectivity index (χ1) is 28.5.